The van der Waals surface area contributed by atoms with Gasteiger partial charge in [0.15, 0.2) is 0 Å². The number of benzene rings is 2. The Balaban J connectivity index is 1.98. The molecule has 0 bridgehead atoms. The fourth-order valence-electron chi connectivity index (χ4n) is 2.17. The third-order valence-corrected chi connectivity index (χ3v) is 4.65. The molecule has 2 rings (SSSR count). The van der Waals surface area contributed by atoms with Crippen LogP contribution in [-0.4, -0.2) is 37.2 Å². The number of thioether (sulfide) groups is 1. The summed E-state index contributed by atoms with van der Waals surface area (Å²) in [5, 5.41) is 14.4. The van der Waals surface area contributed by atoms with Crippen molar-refractivity contribution in [1.29, 1.82) is 0 Å². The van der Waals surface area contributed by atoms with Crippen LogP contribution in [0.3, 0.4) is 0 Å². The van der Waals surface area contributed by atoms with Crippen LogP contribution in [0.25, 0.3) is 0 Å². The summed E-state index contributed by atoms with van der Waals surface area (Å²) in [4.78, 5) is 25.7. The molecule has 0 aliphatic rings. The second-order valence-corrected chi connectivity index (χ2v) is 7.02. The summed E-state index contributed by atoms with van der Waals surface area (Å²) in [6.07, 6.45) is 0. The van der Waals surface area contributed by atoms with Gasteiger partial charge in [-0.1, -0.05) is 11.6 Å². The molecular formula is C17H18ClN3O3S. The first kappa shape index (κ1) is 19.1. The van der Waals surface area contributed by atoms with Crippen molar-refractivity contribution in [3.8, 4) is 0 Å². The van der Waals surface area contributed by atoms with E-state index in [0.29, 0.717) is 23.0 Å². The molecule has 25 heavy (non-hydrogen) atoms. The van der Waals surface area contributed by atoms with Gasteiger partial charge in [-0.2, -0.15) is 0 Å². The van der Waals surface area contributed by atoms with E-state index in [2.05, 4.69) is 5.32 Å². The summed E-state index contributed by atoms with van der Waals surface area (Å²) in [5.41, 5.74) is 0.815. The molecule has 0 aliphatic heterocycles. The van der Waals surface area contributed by atoms with Crippen molar-refractivity contribution < 1.29 is 9.72 Å². The summed E-state index contributed by atoms with van der Waals surface area (Å²) < 4.78 is 0. The molecule has 132 valence electrons. The normalized spacial score (nSPS) is 10.4. The number of hydrogen-bond acceptors (Lipinski definition) is 5. The number of non-ortho nitro benzene ring substituents is 1. The molecule has 0 atom stereocenters. The summed E-state index contributed by atoms with van der Waals surface area (Å²) in [6.45, 7) is 0.446. The van der Waals surface area contributed by atoms with E-state index in [-0.39, 0.29) is 17.2 Å². The monoisotopic (exact) mass is 379 g/mol. The molecule has 6 nitrogen and oxygen atoms in total. The van der Waals surface area contributed by atoms with Crippen molar-refractivity contribution in [3.05, 3.63) is 63.2 Å². The zero-order valence-corrected chi connectivity index (χ0v) is 15.4. The molecule has 1 N–H and O–H groups in total. The zero-order chi connectivity index (χ0) is 18.4. The number of amides is 1. The molecule has 0 radical (unpaired) electrons. The van der Waals surface area contributed by atoms with Gasteiger partial charge in [-0.3, -0.25) is 14.9 Å². The van der Waals surface area contributed by atoms with Crippen molar-refractivity contribution in [2.75, 3.05) is 31.3 Å². The molecule has 0 saturated heterocycles. The predicted molar refractivity (Wildman–Crippen MR) is 102 cm³/mol. The van der Waals surface area contributed by atoms with Crippen molar-refractivity contribution in [2.45, 2.75) is 4.90 Å². The molecule has 8 heteroatoms. The van der Waals surface area contributed by atoms with Crippen molar-refractivity contribution in [1.82, 2.24) is 5.32 Å². The van der Waals surface area contributed by atoms with E-state index in [1.165, 1.54) is 12.1 Å². The van der Waals surface area contributed by atoms with Gasteiger partial charge in [-0.15, -0.1) is 11.8 Å². The summed E-state index contributed by atoms with van der Waals surface area (Å²) in [5.74, 6) is 0.351. The lowest BCUT2D eigenvalue weighted by Gasteiger charge is -2.17. The van der Waals surface area contributed by atoms with Gasteiger partial charge in [0, 0.05) is 54.1 Å². The number of nitro groups is 1. The van der Waals surface area contributed by atoms with E-state index in [1.54, 1.807) is 36.8 Å². The van der Waals surface area contributed by atoms with Gasteiger partial charge in [-0.05, 0) is 30.3 Å². The van der Waals surface area contributed by atoms with Crippen molar-refractivity contribution in [3.63, 3.8) is 0 Å². The SMILES string of the molecule is CN(C)c1ccc([N+](=O)[O-])cc1C(=O)NCCSc1ccc(Cl)cc1. The molecule has 0 fully saturated rings. The van der Waals surface area contributed by atoms with E-state index in [0.717, 1.165) is 4.90 Å². The molecular weight excluding hydrogens is 362 g/mol. The van der Waals surface area contributed by atoms with Crippen LogP contribution < -0.4 is 10.2 Å². The van der Waals surface area contributed by atoms with Crippen LogP contribution in [0.15, 0.2) is 47.4 Å². The Morgan fingerprint density at radius 1 is 1.24 bits per heavy atom. The largest absolute Gasteiger partial charge is 0.377 e. The highest BCUT2D eigenvalue weighted by molar-refractivity contribution is 7.99. The fourth-order valence-corrected chi connectivity index (χ4v) is 3.06. The molecule has 2 aromatic rings. The Morgan fingerprint density at radius 3 is 2.52 bits per heavy atom. The maximum atomic E-state index is 12.4. The van der Waals surface area contributed by atoms with Crippen molar-refractivity contribution >= 4 is 40.6 Å². The summed E-state index contributed by atoms with van der Waals surface area (Å²) >= 11 is 7.43. The smallest absolute Gasteiger partial charge is 0.270 e. The minimum absolute atomic E-state index is 0.105. The summed E-state index contributed by atoms with van der Waals surface area (Å²) in [7, 11) is 3.57. The Kier molecular flexibility index (Phi) is 6.66. The molecule has 0 spiro atoms. The van der Waals surface area contributed by atoms with Gasteiger partial charge >= 0.3 is 0 Å². The van der Waals surface area contributed by atoms with E-state index >= 15 is 0 Å². The lowest BCUT2D eigenvalue weighted by molar-refractivity contribution is -0.384. The second-order valence-electron chi connectivity index (χ2n) is 5.41. The number of nitrogens with zero attached hydrogens (tertiary/aromatic N) is 2. The first-order valence-electron chi connectivity index (χ1n) is 7.51. The summed E-state index contributed by atoms with van der Waals surface area (Å²) in [6, 6.07) is 11.7. The van der Waals surface area contributed by atoms with Crippen LogP contribution in [0.5, 0.6) is 0 Å². The topological polar surface area (TPSA) is 75.5 Å². The van der Waals surface area contributed by atoms with Crippen LogP contribution in [0, 0.1) is 10.1 Å². The Labute approximate surface area is 155 Å². The third-order valence-electron chi connectivity index (χ3n) is 3.39. The average Bonchev–Trinajstić information content (AvgIpc) is 2.59. The predicted octanol–water partition coefficient (Wildman–Crippen LogP) is 3.84. The number of carbonyl (C=O) groups excluding carboxylic acids is 1. The number of hydrogen-bond donors (Lipinski definition) is 1. The highest BCUT2D eigenvalue weighted by Gasteiger charge is 2.17. The minimum atomic E-state index is -0.507. The Hall–Kier alpha value is -2.25. The quantitative estimate of drug-likeness (QED) is 0.342. The van der Waals surface area contributed by atoms with Crippen LogP contribution in [0.2, 0.25) is 5.02 Å². The Bertz CT molecular complexity index is 766. The van der Waals surface area contributed by atoms with Crippen LogP contribution in [0.4, 0.5) is 11.4 Å². The fraction of sp³-hybridized carbons (Fsp3) is 0.235. The zero-order valence-electron chi connectivity index (χ0n) is 13.9. The highest BCUT2D eigenvalue weighted by atomic mass is 35.5. The van der Waals surface area contributed by atoms with Gasteiger partial charge in [0.1, 0.15) is 0 Å². The molecule has 0 unspecified atom stereocenters. The van der Waals surface area contributed by atoms with Gasteiger partial charge < -0.3 is 10.2 Å². The number of halogens is 1. The first-order valence-corrected chi connectivity index (χ1v) is 8.87. The molecule has 0 saturated carbocycles. The Morgan fingerprint density at radius 2 is 1.92 bits per heavy atom. The lowest BCUT2D eigenvalue weighted by Crippen LogP contribution is -2.27. The molecule has 1 amide bonds. The lowest BCUT2D eigenvalue weighted by atomic mass is 10.1. The number of nitro benzene ring substituents is 1. The molecule has 2 aromatic carbocycles. The van der Waals surface area contributed by atoms with Crippen molar-refractivity contribution in [2.24, 2.45) is 0 Å². The van der Waals surface area contributed by atoms with E-state index < -0.39 is 4.92 Å². The van der Waals surface area contributed by atoms with Crippen LogP contribution >= 0.6 is 23.4 Å². The number of anilines is 1. The molecule has 0 aliphatic carbocycles. The standard InChI is InChI=1S/C17H18ClN3O3S/c1-20(2)16-8-5-13(21(23)24)11-15(16)17(22)19-9-10-25-14-6-3-12(18)4-7-14/h3-8,11H,9-10H2,1-2H3,(H,19,22). The maximum Gasteiger partial charge on any atom is 0.270 e. The van der Waals surface area contributed by atoms with Gasteiger partial charge in [0.05, 0.1) is 10.5 Å². The third kappa shape index (κ3) is 5.37. The number of rotatable bonds is 7. The van der Waals surface area contributed by atoms with Crippen LogP contribution in [0.1, 0.15) is 10.4 Å². The molecule has 0 heterocycles. The van der Waals surface area contributed by atoms with Crippen LogP contribution in [-0.2, 0) is 0 Å². The first-order chi connectivity index (χ1) is 11.9. The number of carbonyl (C=O) groups is 1. The average molecular weight is 380 g/mol. The second kappa shape index (κ2) is 8.73. The minimum Gasteiger partial charge on any atom is -0.377 e. The van der Waals surface area contributed by atoms with E-state index in [9.17, 15) is 14.9 Å². The highest BCUT2D eigenvalue weighted by Crippen LogP contribution is 2.24. The van der Waals surface area contributed by atoms with Gasteiger partial charge in [0.25, 0.3) is 11.6 Å². The molecule has 0 aromatic heterocycles. The maximum absolute atomic E-state index is 12.4. The number of nitrogens with one attached hydrogen (secondary N) is 1. The van der Waals surface area contributed by atoms with E-state index in [4.69, 9.17) is 11.6 Å². The van der Waals surface area contributed by atoms with Gasteiger partial charge in [0.2, 0.25) is 0 Å². The van der Waals surface area contributed by atoms with Gasteiger partial charge in [-0.25, -0.2) is 0 Å². The van der Waals surface area contributed by atoms with E-state index in [1.807, 2.05) is 24.3 Å².